The fraction of sp³-hybridized carbons (Fsp3) is 0.133. The lowest BCUT2D eigenvalue weighted by molar-refractivity contribution is 0.671. The molecule has 0 saturated carbocycles. The van der Waals surface area contributed by atoms with Crippen molar-refractivity contribution in [2.75, 3.05) is 0 Å². The second-order valence-corrected chi connectivity index (χ2v) is 4.56. The van der Waals surface area contributed by atoms with E-state index in [1.807, 2.05) is 36.4 Å². The molecule has 0 spiro atoms. The lowest BCUT2D eigenvalue weighted by atomic mass is 10.1. The zero-order valence-corrected chi connectivity index (χ0v) is 10.9. The first-order chi connectivity index (χ1) is 9.83. The van der Waals surface area contributed by atoms with Crippen LogP contribution >= 0.6 is 0 Å². The van der Waals surface area contributed by atoms with Crippen LogP contribution in [0.15, 0.2) is 54.7 Å². The Morgan fingerprint density at radius 3 is 2.60 bits per heavy atom. The van der Waals surface area contributed by atoms with Crippen molar-refractivity contribution in [2.45, 2.75) is 12.5 Å². The zero-order valence-electron chi connectivity index (χ0n) is 10.9. The van der Waals surface area contributed by atoms with Crippen molar-refractivity contribution in [1.29, 1.82) is 0 Å². The van der Waals surface area contributed by atoms with Crippen LogP contribution in [0.3, 0.4) is 0 Å². The Morgan fingerprint density at radius 1 is 1.05 bits per heavy atom. The number of rotatable bonds is 4. The van der Waals surface area contributed by atoms with Crippen molar-refractivity contribution in [2.24, 2.45) is 5.73 Å². The molecule has 0 aliphatic heterocycles. The first-order valence-corrected chi connectivity index (χ1v) is 6.46. The van der Waals surface area contributed by atoms with Crippen LogP contribution in [0.2, 0.25) is 0 Å². The smallest absolute Gasteiger partial charge is 0.199 e. The van der Waals surface area contributed by atoms with Crippen LogP contribution in [0.1, 0.15) is 17.4 Å². The first-order valence-electron chi connectivity index (χ1n) is 6.46. The molecule has 2 heterocycles. The highest BCUT2D eigenvalue weighted by atomic mass is 15.2. The van der Waals surface area contributed by atoms with Crippen molar-refractivity contribution in [3.63, 3.8) is 0 Å². The summed E-state index contributed by atoms with van der Waals surface area (Å²) in [6.07, 6.45) is 2.44. The van der Waals surface area contributed by atoms with E-state index in [4.69, 9.17) is 5.73 Å². The zero-order chi connectivity index (χ0) is 13.8. The van der Waals surface area contributed by atoms with Crippen molar-refractivity contribution in [3.8, 4) is 11.5 Å². The van der Waals surface area contributed by atoms with Crippen LogP contribution in [0.25, 0.3) is 11.5 Å². The number of nitrogens with one attached hydrogen (secondary N) is 1. The number of nitrogens with two attached hydrogens (primary N) is 1. The van der Waals surface area contributed by atoms with Gasteiger partial charge >= 0.3 is 0 Å². The molecular weight excluding hydrogens is 250 g/mol. The van der Waals surface area contributed by atoms with Gasteiger partial charge in [-0.2, -0.15) is 5.10 Å². The van der Waals surface area contributed by atoms with Crippen LogP contribution in [-0.2, 0) is 6.42 Å². The van der Waals surface area contributed by atoms with E-state index < -0.39 is 0 Å². The van der Waals surface area contributed by atoms with E-state index in [1.165, 1.54) is 5.56 Å². The molecule has 100 valence electrons. The van der Waals surface area contributed by atoms with E-state index >= 15 is 0 Å². The second-order valence-electron chi connectivity index (χ2n) is 4.56. The number of aromatic nitrogens is 4. The van der Waals surface area contributed by atoms with E-state index in [9.17, 15) is 0 Å². The Hall–Kier alpha value is -2.53. The largest absolute Gasteiger partial charge is 0.321 e. The Bertz CT molecular complexity index is 663. The predicted octanol–water partition coefficient (Wildman–Crippen LogP) is 2.11. The topological polar surface area (TPSA) is 80.5 Å². The van der Waals surface area contributed by atoms with Gasteiger partial charge in [0.05, 0.1) is 6.04 Å². The number of aromatic amines is 1. The highest BCUT2D eigenvalue weighted by Gasteiger charge is 2.13. The minimum atomic E-state index is -0.206. The molecule has 0 saturated heterocycles. The summed E-state index contributed by atoms with van der Waals surface area (Å²) in [4.78, 5) is 8.64. The van der Waals surface area contributed by atoms with Crippen molar-refractivity contribution in [3.05, 3.63) is 66.1 Å². The highest BCUT2D eigenvalue weighted by Crippen LogP contribution is 2.16. The molecular formula is C15H15N5. The van der Waals surface area contributed by atoms with E-state index in [1.54, 1.807) is 6.20 Å². The quantitative estimate of drug-likeness (QED) is 0.757. The number of benzene rings is 1. The first kappa shape index (κ1) is 12.5. The van der Waals surface area contributed by atoms with Crippen LogP contribution in [0, 0.1) is 0 Å². The van der Waals surface area contributed by atoms with Gasteiger partial charge in [-0.05, 0) is 24.1 Å². The van der Waals surface area contributed by atoms with Gasteiger partial charge in [-0.25, -0.2) is 4.98 Å². The molecule has 0 amide bonds. The molecule has 2 aromatic heterocycles. The molecule has 3 N–H and O–H groups in total. The van der Waals surface area contributed by atoms with Gasteiger partial charge in [0.2, 0.25) is 0 Å². The number of hydrogen-bond acceptors (Lipinski definition) is 4. The van der Waals surface area contributed by atoms with Gasteiger partial charge in [0, 0.05) is 6.20 Å². The van der Waals surface area contributed by atoms with Gasteiger partial charge in [0.25, 0.3) is 0 Å². The van der Waals surface area contributed by atoms with Gasteiger partial charge in [0.15, 0.2) is 5.82 Å². The highest BCUT2D eigenvalue weighted by molar-refractivity contribution is 5.47. The van der Waals surface area contributed by atoms with Gasteiger partial charge in [-0.15, -0.1) is 0 Å². The molecule has 1 atom stereocenters. The third-order valence-corrected chi connectivity index (χ3v) is 3.05. The minimum Gasteiger partial charge on any atom is -0.321 e. The fourth-order valence-electron chi connectivity index (χ4n) is 2.01. The van der Waals surface area contributed by atoms with Crippen LogP contribution in [0.4, 0.5) is 0 Å². The molecule has 3 rings (SSSR count). The summed E-state index contributed by atoms with van der Waals surface area (Å²) >= 11 is 0. The average Bonchev–Trinajstić information content (AvgIpc) is 2.99. The summed E-state index contributed by atoms with van der Waals surface area (Å²) < 4.78 is 0. The van der Waals surface area contributed by atoms with Crippen molar-refractivity contribution >= 4 is 0 Å². The molecule has 0 bridgehead atoms. The summed E-state index contributed by atoms with van der Waals surface area (Å²) in [5.41, 5.74) is 8.08. The molecule has 0 unspecified atom stereocenters. The van der Waals surface area contributed by atoms with E-state index in [0.29, 0.717) is 11.6 Å². The van der Waals surface area contributed by atoms with Crippen LogP contribution in [-0.4, -0.2) is 20.2 Å². The van der Waals surface area contributed by atoms with E-state index in [0.717, 1.165) is 12.1 Å². The molecule has 5 nitrogen and oxygen atoms in total. The summed E-state index contributed by atoms with van der Waals surface area (Å²) in [6.45, 7) is 0. The standard InChI is InChI=1S/C15H15N5/c16-12(10-11-6-2-1-3-7-11)14-18-15(20-19-14)13-8-4-5-9-17-13/h1-9,12H,10,16H2,(H,18,19,20)/t12-/m1/s1. The fourth-order valence-corrected chi connectivity index (χ4v) is 2.01. The molecule has 3 aromatic rings. The van der Waals surface area contributed by atoms with Gasteiger partial charge in [-0.1, -0.05) is 36.4 Å². The molecule has 0 radical (unpaired) electrons. The number of pyridine rings is 1. The van der Waals surface area contributed by atoms with Crippen molar-refractivity contribution < 1.29 is 0 Å². The van der Waals surface area contributed by atoms with Crippen LogP contribution < -0.4 is 5.73 Å². The maximum absolute atomic E-state index is 6.16. The summed E-state index contributed by atoms with van der Waals surface area (Å²) in [7, 11) is 0. The van der Waals surface area contributed by atoms with Gasteiger partial charge in [-0.3, -0.25) is 10.1 Å². The second kappa shape index (κ2) is 5.63. The van der Waals surface area contributed by atoms with E-state index in [2.05, 4.69) is 32.3 Å². The van der Waals surface area contributed by atoms with Gasteiger partial charge in [0.1, 0.15) is 11.5 Å². The molecule has 0 fully saturated rings. The molecule has 5 heteroatoms. The Morgan fingerprint density at radius 2 is 1.85 bits per heavy atom. The summed E-state index contributed by atoms with van der Waals surface area (Å²) in [6, 6.07) is 15.5. The monoisotopic (exact) mass is 265 g/mol. The Kier molecular flexibility index (Phi) is 3.52. The number of H-pyrrole nitrogens is 1. The normalized spacial score (nSPS) is 12.2. The lowest BCUT2D eigenvalue weighted by Crippen LogP contribution is -2.15. The van der Waals surface area contributed by atoms with Crippen molar-refractivity contribution in [1.82, 2.24) is 20.2 Å². The predicted molar refractivity (Wildman–Crippen MR) is 76.7 cm³/mol. The molecule has 0 aliphatic carbocycles. The summed E-state index contributed by atoms with van der Waals surface area (Å²) in [5, 5.41) is 7.07. The number of hydrogen-bond donors (Lipinski definition) is 2. The third-order valence-electron chi connectivity index (χ3n) is 3.05. The molecule has 1 aromatic carbocycles. The van der Waals surface area contributed by atoms with E-state index in [-0.39, 0.29) is 6.04 Å². The average molecular weight is 265 g/mol. The third kappa shape index (κ3) is 2.73. The lowest BCUT2D eigenvalue weighted by Gasteiger charge is -2.07. The van der Waals surface area contributed by atoms with Crippen LogP contribution in [0.5, 0.6) is 0 Å². The summed E-state index contributed by atoms with van der Waals surface area (Å²) in [5.74, 6) is 1.25. The van der Waals surface area contributed by atoms with Gasteiger partial charge < -0.3 is 5.73 Å². The minimum absolute atomic E-state index is 0.206. The Labute approximate surface area is 116 Å². The maximum atomic E-state index is 6.16. The molecule has 0 aliphatic rings. The molecule has 20 heavy (non-hydrogen) atoms. The Balaban J connectivity index is 1.77. The SMILES string of the molecule is N[C@H](Cc1ccccc1)c1nc(-c2ccccn2)n[nH]1. The number of nitrogens with zero attached hydrogens (tertiary/aromatic N) is 3. The maximum Gasteiger partial charge on any atom is 0.199 e.